The average molecular weight is 324 g/mol. The predicted octanol–water partition coefficient (Wildman–Crippen LogP) is 3.32. The summed E-state index contributed by atoms with van der Waals surface area (Å²) in [5.74, 6) is 0.876. The van der Waals surface area contributed by atoms with Crippen LogP contribution in [0.4, 0.5) is 4.79 Å². The lowest BCUT2D eigenvalue weighted by molar-refractivity contribution is 0.0288. The van der Waals surface area contributed by atoms with Gasteiger partial charge < -0.3 is 14.4 Å². The van der Waals surface area contributed by atoms with Gasteiger partial charge in [0, 0.05) is 30.6 Å². The fourth-order valence-corrected chi connectivity index (χ4v) is 2.93. The fourth-order valence-electron chi connectivity index (χ4n) is 2.53. The first kappa shape index (κ1) is 16.9. The Balaban J connectivity index is 1.98. The number of amides is 1. The summed E-state index contributed by atoms with van der Waals surface area (Å²) in [6.07, 6.45) is 2.39. The van der Waals surface area contributed by atoms with Crippen LogP contribution in [0.15, 0.2) is 18.3 Å². The molecule has 2 heterocycles. The number of thiol groups is 1. The van der Waals surface area contributed by atoms with Gasteiger partial charge in [0.05, 0.1) is 7.11 Å². The van der Waals surface area contributed by atoms with E-state index in [0.29, 0.717) is 24.9 Å². The minimum absolute atomic E-state index is 0.0457. The molecule has 2 atom stereocenters. The molecule has 22 heavy (non-hydrogen) atoms. The van der Waals surface area contributed by atoms with E-state index in [0.717, 1.165) is 12.0 Å². The molecule has 1 amide bonds. The van der Waals surface area contributed by atoms with Gasteiger partial charge in [-0.25, -0.2) is 9.78 Å². The number of nitrogens with zero attached hydrogens (tertiary/aromatic N) is 2. The van der Waals surface area contributed by atoms with Gasteiger partial charge in [0.25, 0.3) is 0 Å². The average Bonchev–Trinajstić information content (AvgIpc) is 2.94. The summed E-state index contributed by atoms with van der Waals surface area (Å²) in [6, 6.07) is 3.84. The maximum atomic E-state index is 12.1. The minimum atomic E-state index is -0.464. The molecule has 0 radical (unpaired) electrons. The predicted molar refractivity (Wildman–Crippen MR) is 88.4 cm³/mol. The number of rotatable bonds is 3. The van der Waals surface area contributed by atoms with Crippen molar-refractivity contribution in [1.29, 1.82) is 0 Å². The van der Waals surface area contributed by atoms with Gasteiger partial charge in [-0.1, -0.05) is 0 Å². The summed E-state index contributed by atoms with van der Waals surface area (Å²) in [5.41, 5.74) is 0.597. The second-order valence-electron chi connectivity index (χ2n) is 6.55. The number of carbonyl (C=O) groups is 1. The van der Waals surface area contributed by atoms with Crippen molar-refractivity contribution in [2.45, 2.75) is 38.0 Å². The summed E-state index contributed by atoms with van der Waals surface area (Å²) in [4.78, 5) is 18.0. The first-order valence-corrected chi connectivity index (χ1v) is 7.98. The standard InChI is InChI=1S/C16H24N2O3S/c1-16(2,3)21-15(19)18-8-6-12(10-18)14(22)11-5-7-17-13(9-11)20-4/h5,7,9,12,14,22H,6,8,10H2,1-4H3/t12-,14?/m0/s1. The van der Waals surface area contributed by atoms with Crippen LogP contribution in [0.5, 0.6) is 5.88 Å². The SMILES string of the molecule is COc1cc(C(S)[C@H]2CCN(C(=O)OC(C)(C)C)C2)ccn1. The zero-order chi connectivity index (χ0) is 16.3. The second-order valence-corrected chi connectivity index (χ2v) is 7.11. The molecule has 1 aromatic heterocycles. The maximum Gasteiger partial charge on any atom is 0.410 e. The van der Waals surface area contributed by atoms with E-state index in [2.05, 4.69) is 4.98 Å². The van der Waals surface area contributed by atoms with Crippen molar-refractivity contribution < 1.29 is 14.3 Å². The molecular weight excluding hydrogens is 300 g/mol. The summed E-state index contributed by atoms with van der Waals surface area (Å²) < 4.78 is 10.6. The number of hydrogen-bond donors (Lipinski definition) is 1. The van der Waals surface area contributed by atoms with E-state index < -0.39 is 5.60 Å². The largest absolute Gasteiger partial charge is 0.481 e. The molecule has 0 bridgehead atoms. The number of carbonyl (C=O) groups excluding carboxylic acids is 1. The quantitative estimate of drug-likeness (QED) is 0.867. The highest BCUT2D eigenvalue weighted by molar-refractivity contribution is 7.80. The Labute approximate surface area is 137 Å². The van der Waals surface area contributed by atoms with Crippen molar-refractivity contribution in [2.24, 2.45) is 5.92 Å². The van der Waals surface area contributed by atoms with Gasteiger partial charge in [0.15, 0.2) is 0 Å². The monoisotopic (exact) mass is 324 g/mol. The maximum absolute atomic E-state index is 12.1. The van der Waals surface area contributed by atoms with Crippen molar-refractivity contribution in [2.75, 3.05) is 20.2 Å². The van der Waals surface area contributed by atoms with Gasteiger partial charge >= 0.3 is 6.09 Å². The molecule has 6 heteroatoms. The molecule has 122 valence electrons. The van der Waals surface area contributed by atoms with E-state index in [1.165, 1.54) is 0 Å². The third-order valence-corrected chi connectivity index (χ3v) is 4.35. The lowest BCUT2D eigenvalue weighted by atomic mass is 9.98. The van der Waals surface area contributed by atoms with Crippen LogP contribution >= 0.6 is 12.6 Å². The third kappa shape index (κ3) is 4.29. The minimum Gasteiger partial charge on any atom is -0.481 e. The molecule has 1 fully saturated rings. The summed E-state index contributed by atoms with van der Waals surface area (Å²) in [5, 5.41) is 0.0457. The van der Waals surface area contributed by atoms with Gasteiger partial charge in [0.1, 0.15) is 5.60 Å². The molecule has 1 aliphatic rings. The molecule has 1 aliphatic heterocycles. The van der Waals surface area contributed by atoms with Crippen molar-refractivity contribution in [3.05, 3.63) is 23.9 Å². The van der Waals surface area contributed by atoms with Crippen LogP contribution in [0.25, 0.3) is 0 Å². The molecule has 0 saturated carbocycles. The van der Waals surface area contributed by atoms with Gasteiger partial charge in [-0.15, -0.1) is 0 Å². The van der Waals surface area contributed by atoms with Crippen LogP contribution in [0.3, 0.4) is 0 Å². The van der Waals surface area contributed by atoms with Gasteiger partial charge in [-0.05, 0) is 44.7 Å². The molecule has 1 aromatic rings. The van der Waals surface area contributed by atoms with Crippen molar-refractivity contribution in [3.8, 4) is 5.88 Å². The molecule has 0 aliphatic carbocycles. The van der Waals surface area contributed by atoms with E-state index >= 15 is 0 Å². The number of hydrogen-bond acceptors (Lipinski definition) is 5. The van der Waals surface area contributed by atoms with Crippen LogP contribution in [-0.4, -0.2) is 41.8 Å². The van der Waals surface area contributed by atoms with E-state index in [-0.39, 0.29) is 11.3 Å². The van der Waals surface area contributed by atoms with E-state index in [1.807, 2.05) is 32.9 Å². The molecule has 0 aromatic carbocycles. The number of methoxy groups -OCH3 is 1. The van der Waals surface area contributed by atoms with E-state index in [9.17, 15) is 4.79 Å². The Morgan fingerprint density at radius 3 is 2.86 bits per heavy atom. The molecule has 0 N–H and O–H groups in total. The van der Waals surface area contributed by atoms with Crippen molar-refractivity contribution in [3.63, 3.8) is 0 Å². The highest BCUT2D eigenvalue weighted by atomic mass is 32.1. The first-order valence-electron chi connectivity index (χ1n) is 7.46. The first-order chi connectivity index (χ1) is 10.3. The highest BCUT2D eigenvalue weighted by Crippen LogP contribution is 2.36. The molecule has 5 nitrogen and oxygen atoms in total. The van der Waals surface area contributed by atoms with Crippen molar-refractivity contribution in [1.82, 2.24) is 9.88 Å². The molecule has 1 saturated heterocycles. The van der Waals surface area contributed by atoms with E-state index in [4.69, 9.17) is 22.1 Å². The zero-order valence-corrected chi connectivity index (χ0v) is 14.5. The lowest BCUT2D eigenvalue weighted by Crippen LogP contribution is -2.35. The van der Waals surface area contributed by atoms with Gasteiger partial charge in [0.2, 0.25) is 5.88 Å². The smallest absolute Gasteiger partial charge is 0.410 e. The Hall–Kier alpha value is -1.43. The Bertz CT molecular complexity index is 530. The lowest BCUT2D eigenvalue weighted by Gasteiger charge is -2.25. The molecular formula is C16H24N2O3S. The normalized spacial score (nSPS) is 19.9. The number of ether oxygens (including phenoxy) is 2. The molecule has 2 rings (SSSR count). The highest BCUT2D eigenvalue weighted by Gasteiger charge is 2.33. The van der Waals surface area contributed by atoms with Crippen LogP contribution in [0, 0.1) is 5.92 Å². The Morgan fingerprint density at radius 2 is 2.23 bits per heavy atom. The summed E-state index contributed by atoms with van der Waals surface area (Å²) in [7, 11) is 1.60. The van der Waals surface area contributed by atoms with Crippen LogP contribution in [0.1, 0.15) is 38.0 Å². The van der Waals surface area contributed by atoms with Crippen molar-refractivity contribution >= 4 is 18.7 Å². The number of pyridine rings is 1. The van der Waals surface area contributed by atoms with Crippen LogP contribution in [0.2, 0.25) is 0 Å². The number of aromatic nitrogens is 1. The summed E-state index contributed by atoms with van der Waals surface area (Å²) in [6.45, 7) is 7.00. The Kier molecular flexibility index (Phi) is 5.21. The Morgan fingerprint density at radius 1 is 1.50 bits per heavy atom. The molecule has 1 unspecified atom stereocenters. The third-order valence-electron chi connectivity index (χ3n) is 3.63. The van der Waals surface area contributed by atoms with E-state index in [1.54, 1.807) is 18.2 Å². The van der Waals surface area contributed by atoms with Crippen LogP contribution < -0.4 is 4.74 Å². The zero-order valence-electron chi connectivity index (χ0n) is 13.6. The second kappa shape index (κ2) is 6.77. The topological polar surface area (TPSA) is 51.7 Å². The number of likely N-dealkylation sites (tertiary alicyclic amines) is 1. The summed E-state index contributed by atoms with van der Waals surface area (Å²) >= 11 is 4.73. The van der Waals surface area contributed by atoms with Gasteiger partial charge in [-0.2, -0.15) is 12.6 Å². The van der Waals surface area contributed by atoms with Gasteiger partial charge in [-0.3, -0.25) is 0 Å². The van der Waals surface area contributed by atoms with Crippen LogP contribution in [-0.2, 0) is 4.74 Å². The fraction of sp³-hybridized carbons (Fsp3) is 0.625. The molecule has 0 spiro atoms.